The molecule has 5 heteroatoms. The van der Waals surface area contributed by atoms with Gasteiger partial charge < -0.3 is 10.0 Å². The summed E-state index contributed by atoms with van der Waals surface area (Å²) in [5, 5.41) is 9.96. The summed E-state index contributed by atoms with van der Waals surface area (Å²) in [7, 11) is 0. The molecular weight excluding hydrogens is 244 g/mol. The molecule has 1 N–H and O–H groups in total. The highest BCUT2D eigenvalue weighted by Crippen LogP contribution is 2.32. The van der Waals surface area contributed by atoms with E-state index in [4.69, 9.17) is 0 Å². The SMILES string of the molecule is Cc1ccccc1N1C(=O)[C@H]2[C@@H](O)CCCN2C1=O. The predicted octanol–water partition coefficient (Wildman–Crippen LogP) is 1.29. The van der Waals surface area contributed by atoms with E-state index in [-0.39, 0.29) is 11.9 Å². The van der Waals surface area contributed by atoms with Crippen molar-refractivity contribution >= 4 is 17.6 Å². The van der Waals surface area contributed by atoms with Crippen molar-refractivity contribution in [2.75, 3.05) is 11.4 Å². The van der Waals surface area contributed by atoms with Gasteiger partial charge in [-0.1, -0.05) is 18.2 Å². The minimum atomic E-state index is -0.751. The Balaban J connectivity index is 2.02. The van der Waals surface area contributed by atoms with Crippen LogP contribution in [0.25, 0.3) is 0 Å². The molecule has 0 radical (unpaired) electrons. The molecule has 2 atom stereocenters. The number of aryl methyl sites for hydroxylation is 1. The van der Waals surface area contributed by atoms with Crippen molar-refractivity contribution in [3.05, 3.63) is 29.8 Å². The van der Waals surface area contributed by atoms with Crippen LogP contribution in [-0.2, 0) is 4.79 Å². The van der Waals surface area contributed by atoms with Crippen LogP contribution in [0.3, 0.4) is 0 Å². The second kappa shape index (κ2) is 4.35. The standard InChI is InChI=1S/C14H16N2O3/c1-9-5-2-3-6-10(9)16-13(18)12-11(17)7-4-8-15(12)14(16)19/h2-3,5-6,11-12,17H,4,7-8H2,1H3/t11-,12+/m0/s1. The average Bonchev–Trinajstić information content (AvgIpc) is 2.64. The summed E-state index contributed by atoms with van der Waals surface area (Å²) in [4.78, 5) is 27.5. The lowest BCUT2D eigenvalue weighted by Crippen LogP contribution is -2.48. The zero-order valence-corrected chi connectivity index (χ0v) is 10.7. The smallest absolute Gasteiger partial charge is 0.332 e. The zero-order valence-electron chi connectivity index (χ0n) is 10.7. The lowest BCUT2D eigenvalue weighted by molar-refractivity contribution is -0.124. The van der Waals surface area contributed by atoms with Crippen molar-refractivity contribution < 1.29 is 14.7 Å². The number of hydrogen-bond acceptors (Lipinski definition) is 3. The van der Waals surface area contributed by atoms with E-state index in [0.29, 0.717) is 18.7 Å². The first-order chi connectivity index (χ1) is 9.11. The van der Waals surface area contributed by atoms with E-state index in [1.807, 2.05) is 19.1 Å². The zero-order chi connectivity index (χ0) is 13.6. The summed E-state index contributed by atoms with van der Waals surface area (Å²) < 4.78 is 0. The Labute approximate surface area is 111 Å². The molecule has 2 aliphatic heterocycles. The molecule has 3 rings (SSSR count). The first-order valence-electron chi connectivity index (χ1n) is 6.49. The van der Waals surface area contributed by atoms with Crippen LogP contribution >= 0.6 is 0 Å². The maximum absolute atomic E-state index is 12.4. The number of urea groups is 1. The number of aliphatic hydroxyl groups excluding tert-OH is 1. The number of carbonyl (C=O) groups is 2. The Bertz CT molecular complexity index is 543. The van der Waals surface area contributed by atoms with Crippen LogP contribution in [0.5, 0.6) is 0 Å². The van der Waals surface area contributed by atoms with Gasteiger partial charge >= 0.3 is 6.03 Å². The molecule has 0 aliphatic carbocycles. The highest BCUT2D eigenvalue weighted by Gasteiger charge is 2.50. The second-order valence-electron chi connectivity index (χ2n) is 5.09. The van der Waals surface area contributed by atoms with Gasteiger partial charge in [-0.05, 0) is 31.4 Å². The third-order valence-corrected chi connectivity index (χ3v) is 3.87. The van der Waals surface area contributed by atoms with Crippen molar-refractivity contribution in [1.82, 2.24) is 4.90 Å². The van der Waals surface area contributed by atoms with E-state index < -0.39 is 12.1 Å². The van der Waals surface area contributed by atoms with Crippen LogP contribution in [0.15, 0.2) is 24.3 Å². The largest absolute Gasteiger partial charge is 0.390 e. The van der Waals surface area contributed by atoms with Crippen LogP contribution in [0, 0.1) is 6.92 Å². The second-order valence-corrected chi connectivity index (χ2v) is 5.09. The first kappa shape index (κ1) is 12.2. The maximum Gasteiger partial charge on any atom is 0.332 e. The van der Waals surface area contributed by atoms with Gasteiger partial charge in [-0.15, -0.1) is 0 Å². The molecule has 0 bridgehead atoms. The number of rotatable bonds is 1. The molecule has 1 aromatic rings. The van der Waals surface area contributed by atoms with Crippen molar-refractivity contribution in [2.45, 2.75) is 31.9 Å². The Morgan fingerprint density at radius 3 is 2.68 bits per heavy atom. The van der Waals surface area contributed by atoms with E-state index in [1.54, 1.807) is 12.1 Å². The number of nitrogens with zero attached hydrogens (tertiary/aromatic N) is 2. The van der Waals surface area contributed by atoms with Crippen LogP contribution in [0.2, 0.25) is 0 Å². The van der Waals surface area contributed by atoms with Gasteiger partial charge in [0.25, 0.3) is 5.91 Å². The van der Waals surface area contributed by atoms with Gasteiger partial charge in [-0.3, -0.25) is 4.79 Å². The monoisotopic (exact) mass is 260 g/mol. The molecule has 2 aliphatic rings. The van der Waals surface area contributed by atoms with Gasteiger partial charge in [0.2, 0.25) is 0 Å². The number of para-hydroxylation sites is 1. The third-order valence-electron chi connectivity index (χ3n) is 3.87. The van der Waals surface area contributed by atoms with Gasteiger partial charge in [0.1, 0.15) is 6.04 Å². The molecule has 0 unspecified atom stereocenters. The molecule has 3 amide bonds. The number of piperidine rings is 1. The van der Waals surface area contributed by atoms with Crippen molar-refractivity contribution in [3.8, 4) is 0 Å². The van der Waals surface area contributed by atoms with Gasteiger partial charge in [0.05, 0.1) is 11.8 Å². The predicted molar refractivity (Wildman–Crippen MR) is 69.8 cm³/mol. The molecule has 0 spiro atoms. The number of anilines is 1. The quantitative estimate of drug-likeness (QED) is 0.774. The summed E-state index contributed by atoms with van der Waals surface area (Å²) in [5.41, 5.74) is 1.48. The lowest BCUT2D eigenvalue weighted by atomic mass is 10.00. The molecule has 5 nitrogen and oxygen atoms in total. The summed E-state index contributed by atoms with van der Waals surface area (Å²) in [6.45, 7) is 2.40. The number of amides is 3. The maximum atomic E-state index is 12.4. The summed E-state index contributed by atoms with van der Waals surface area (Å²) >= 11 is 0. The molecule has 100 valence electrons. The van der Waals surface area contributed by atoms with E-state index >= 15 is 0 Å². The topological polar surface area (TPSA) is 60.9 Å². The van der Waals surface area contributed by atoms with E-state index in [0.717, 1.165) is 12.0 Å². The van der Waals surface area contributed by atoms with Gasteiger partial charge in [0, 0.05) is 6.54 Å². The summed E-state index contributed by atoms with van der Waals surface area (Å²) in [6, 6.07) is 6.27. The molecule has 19 heavy (non-hydrogen) atoms. The van der Waals surface area contributed by atoms with Crippen molar-refractivity contribution in [2.24, 2.45) is 0 Å². The minimum absolute atomic E-state index is 0.313. The summed E-state index contributed by atoms with van der Waals surface area (Å²) in [5.74, 6) is -0.313. The number of benzene rings is 1. The number of carbonyl (C=O) groups excluding carboxylic acids is 2. The van der Waals surface area contributed by atoms with Crippen LogP contribution < -0.4 is 4.90 Å². The molecule has 2 saturated heterocycles. The highest BCUT2D eigenvalue weighted by atomic mass is 16.3. The van der Waals surface area contributed by atoms with Crippen LogP contribution in [0.1, 0.15) is 18.4 Å². The van der Waals surface area contributed by atoms with Gasteiger partial charge in [-0.2, -0.15) is 0 Å². The van der Waals surface area contributed by atoms with Gasteiger partial charge in [-0.25, -0.2) is 9.69 Å². The fourth-order valence-electron chi connectivity index (χ4n) is 2.88. The highest BCUT2D eigenvalue weighted by molar-refractivity contribution is 6.22. The molecule has 1 aromatic carbocycles. The molecule has 0 aromatic heterocycles. The molecular formula is C14H16N2O3. The van der Waals surface area contributed by atoms with E-state index in [2.05, 4.69) is 0 Å². The Hall–Kier alpha value is -1.88. The fourth-order valence-corrected chi connectivity index (χ4v) is 2.88. The number of aliphatic hydroxyl groups is 1. The molecule has 0 saturated carbocycles. The van der Waals surface area contributed by atoms with Gasteiger partial charge in [0.15, 0.2) is 0 Å². The lowest BCUT2D eigenvalue weighted by Gasteiger charge is -2.30. The fraction of sp³-hybridized carbons (Fsp3) is 0.429. The number of imide groups is 1. The number of fused-ring (bicyclic) bond motifs is 1. The summed E-state index contributed by atoms with van der Waals surface area (Å²) in [6.07, 6.45) is 0.555. The molecule has 2 heterocycles. The Morgan fingerprint density at radius 1 is 1.26 bits per heavy atom. The van der Waals surface area contributed by atoms with Crippen LogP contribution in [0.4, 0.5) is 10.5 Å². The van der Waals surface area contributed by atoms with Crippen molar-refractivity contribution in [1.29, 1.82) is 0 Å². The molecule has 2 fully saturated rings. The Morgan fingerprint density at radius 2 is 2.00 bits per heavy atom. The normalized spacial score (nSPS) is 26.8. The van der Waals surface area contributed by atoms with Crippen LogP contribution in [-0.4, -0.2) is 40.6 Å². The minimum Gasteiger partial charge on any atom is -0.390 e. The number of hydrogen-bond donors (Lipinski definition) is 1. The van der Waals surface area contributed by atoms with E-state index in [1.165, 1.54) is 9.80 Å². The average molecular weight is 260 g/mol. The van der Waals surface area contributed by atoms with Crippen molar-refractivity contribution in [3.63, 3.8) is 0 Å². The third kappa shape index (κ3) is 1.73. The van der Waals surface area contributed by atoms with E-state index in [9.17, 15) is 14.7 Å². The Kier molecular flexibility index (Phi) is 2.78. The first-order valence-corrected chi connectivity index (χ1v) is 6.49.